The molecule has 0 aliphatic rings. The van der Waals surface area contributed by atoms with Gasteiger partial charge in [-0.1, -0.05) is 164 Å². The summed E-state index contributed by atoms with van der Waals surface area (Å²) in [7, 11) is 0. The van der Waals surface area contributed by atoms with Crippen LogP contribution in [0.3, 0.4) is 0 Å². The Hall–Kier alpha value is -7.78. The van der Waals surface area contributed by atoms with Crippen LogP contribution in [0.2, 0.25) is 0 Å². The minimum atomic E-state index is 0.894. The lowest BCUT2D eigenvalue weighted by atomic mass is 9.85. The summed E-state index contributed by atoms with van der Waals surface area (Å²) in [6.45, 7) is 0. The molecule has 0 N–H and O–H groups in total. The molecule has 14 rings (SSSR count). The maximum absolute atomic E-state index is 6.71. The molecule has 0 radical (unpaired) electrons. The maximum Gasteiger partial charge on any atom is 0.136 e. The largest absolute Gasteiger partial charge is 0.456 e. The molecule has 0 unspecified atom stereocenters. The fraction of sp³-hybridized carbons (Fsp3) is 0. The van der Waals surface area contributed by atoms with Crippen molar-refractivity contribution in [3.8, 4) is 33.4 Å². The predicted molar refractivity (Wildman–Crippen MR) is 268 cm³/mol. The Morgan fingerprint density at radius 2 is 0.871 bits per heavy atom. The van der Waals surface area contributed by atoms with Crippen LogP contribution in [0.1, 0.15) is 0 Å². The number of thiophene rings is 1. The van der Waals surface area contributed by atoms with Gasteiger partial charge in [-0.15, -0.1) is 11.3 Å². The third-order valence-corrected chi connectivity index (χ3v) is 14.6. The molecule has 286 valence electrons. The highest BCUT2D eigenvalue weighted by Gasteiger charge is 2.20. The monoisotopic (exact) mass is 802 g/mol. The van der Waals surface area contributed by atoms with Gasteiger partial charge in [0.05, 0.1) is 0 Å². The van der Waals surface area contributed by atoms with Crippen molar-refractivity contribution >= 4 is 118 Å². The number of furan rings is 1. The molecule has 12 aromatic carbocycles. The molecule has 0 spiro atoms. The van der Waals surface area contributed by atoms with Gasteiger partial charge in [-0.25, -0.2) is 0 Å². The Kier molecular flexibility index (Phi) is 7.05. The van der Waals surface area contributed by atoms with Gasteiger partial charge in [0.2, 0.25) is 0 Å². The van der Waals surface area contributed by atoms with Crippen molar-refractivity contribution in [2.24, 2.45) is 0 Å². The zero-order valence-electron chi connectivity index (χ0n) is 33.4. The van der Waals surface area contributed by atoms with Gasteiger partial charge in [0.25, 0.3) is 0 Å². The van der Waals surface area contributed by atoms with Crippen molar-refractivity contribution in [2.75, 3.05) is 0 Å². The number of rotatable bonds is 3. The fourth-order valence-corrected chi connectivity index (χ4v) is 11.9. The van der Waals surface area contributed by atoms with E-state index in [1.165, 1.54) is 113 Å². The van der Waals surface area contributed by atoms with E-state index < -0.39 is 0 Å². The van der Waals surface area contributed by atoms with Crippen molar-refractivity contribution < 1.29 is 4.42 Å². The lowest BCUT2D eigenvalue weighted by Gasteiger charge is -2.18. The summed E-state index contributed by atoms with van der Waals surface area (Å²) in [6.07, 6.45) is 0. The first-order valence-corrected chi connectivity index (χ1v) is 22.1. The van der Waals surface area contributed by atoms with Gasteiger partial charge in [0.1, 0.15) is 11.2 Å². The molecule has 1 nitrogen and oxygen atoms in total. The van der Waals surface area contributed by atoms with E-state index in [0.717, 1.165) is 27.5 Å². The molecule has 0 amide bonds. The van der Waals surface area contributed by atoms with E-state index in [1.807, 2.05) is 11.3 Å². The third kappa shape index (κ3) is 4.84. The Morgan fingerprint density at radius 3 is 1.61 bits per heavy atom. The van der Waals surface area contributed by atoms with E-state index in [9.17, 15) is 0 Å². The van der Waals surface area contributed by atoms with E-state index in [2.05, 4.69) is 206 Å². The SMILES string of the molecule is c1ccc2cc(-c3c4ccccc4c(-c4ccc5c(c4)oc4ccc(-c6cccc7cc8c(cc67)sc6c7ccccc7c7ccccc7c86)cc45)c4ccccc34)ccc2c1. The van der Waals surface area contributed by atoms with Gasteiger partial charge in [0.15, 0.2) is 0 Å². The van der Waals surface area contributed by atoms with Crippen molar-refractivity contribution in [1.29, 1.82) is 0 Å². The lowest BCUT2D eigenvalue weighted by Crippen LogP contribution is -1.91. The smallest absolute Gasteiger partial charge is 0.136 e. The van der Waals surface area contributed by atoms with Crippen LogP contribution in [0, 0.1) is 0 Å². The average Bonchev–Trinajstić information content (AvgIpc) is 3.90. The molecule has 0 fully saturated rings. The van der Waals surface area contributed by atoms with Crippen molar-refractivity contribution in [1.82, 2.24) is 0 Å². The van der Waals surface area contributed by atoms with Gasteiger partial charge in [-0.3, -0.25) is 0 Å². The molecule has 62 heavy (non-hydrogen) atoms. The molecular formula is C60H34OS. The van der Waals surface area contributed by atoms with E-state index in [4.69, 9.17) is 4.42 Å². The van der Waals surface area contributed by atoms with Crippen LogP contribution in [-0.2, 0) is 0 Å². The Bertz CT molecular complexity index is 4160. The highest BCUT2D eigenvalue weighted by molar-refractivity contribution is 7.27. The molecule has 2 heteroatoms. The van der Waals surface area contributed by atoms with Gasteiger partial charge in [-0.2, -0.15) is 0 Å². The quantitative estimate of drug-likeness (QED) is 0.128. The van der Waals surface area contributed by atoms with E-state index in [0.29, 0.717) is 0 Å². The summed E-state index contributed by atoms with van der Waals surface area (Å²) >= 11 is 1.92. The summed E-state index contributed by atoms with van der Waals surface area (Å²) in [5.74, 6) is 0. The van der Waals surface area contributed by atoms with Crippen LogP contribution < -0.4 is 0 Å². The number of hydrogen-bond donors (Lipinski definition) is 0. The topological polar surface area (TPSA) is 13.1 Å². The first kappa shape index (κ1) is 34.0. The zero-order valence-corrected chi connectivity index (χ0v) is 34.3. The van der Waals surface area contributed by atoms with Crippen LogP contribution >= 0.6 is 11.3 Å². The van der Waals surface area contributed by atoms with Crippen molar-refractivity contribution in [3.63, 3.8) is 0 Å². The molecule has 0 saturated carbocycles. The number of fused-ring (bicyclic) bond motifs is 15. The van der Waals surface area contributed by atoms with Crippen molar-refractivity contribution in [3.05, 3.63) is 206 Å². The molecular weight excluding hydrogens is 769 g/mol. The van der Waals surface area contributed by atoms with E-state index in [-0.39, 0.29) is 0 Å². The fourth-order valence-electron chi connectivity index (χ4n) is 10.6. The zero-order chi connectivity index (χ0) is 40.5. The predicted octanol–water partition coefficient (Wildman–Crippen LogP) is 17.9. The van der Waals surface area contributed by atoms with Gasteiger partial charge in [-0.05, 0) is 135 Å². The van der Waals surface area contributed by atoms with Crippen LogP contribution in [0.15, 0.2) is 211 Å². The summed E-state index contributed by atoms with van der Waals surface area (Å²) < 4.78 is 9.39. The minimum absolute atomic E-state index is 0.894. The van der Waals surface area contributed by atoms with E-state index in [1.54, 1.807) is 0 Å². The number of benzene rings is 12. The molecule has 0 aliphatic carbocycles. The second kappa shape index (κ2) is 12.9. The minimum Gasteiger partial charge on any atom is -0.456 e. The van der Waals surface area contributed by atoms with Gasteiger partial charge >= 0.3 is 0 Å². The second-order valence-electron chi connectivity index (χ2n) is 16.7. The normalized spacial score (nSPS) is 12.2. The third-order valence-electron chi connectivity index (χ3n) is 13.4. The highest BCUT2D eigenvalue weighted by Crippen LogP contribution is 2.48. The molecule has 2 heterocycles. The van der Waals surface area contributed by atoms with Crippen LogP contribution in [0.5, 0.6) is 0 Å². The Morgan fingerprint density at radius 1 is 0.290 bits per heavy atom. The molecule has 2 aromatic heterocycles. The number of hydrogen-bond acceptors (Lipinski definition) is 2. The Balaban J connectivity index is 0.927. The first-order valence-electron chi connectivity index (χ1n) is 21.3. The molecule has 0 bridgehead atoms. The average molecular weight is 803 g/mol. The highest BCUT2D eigenvalue weighted by atomic mass is 32.1. The summed E-state index contributed by atoms with van der Waals surface area (Å²) in [6, 6.07) is 76.1. The molecule has 14 aromatic rings. The molecule has 0 aliphatic heterocycles. The van der Waals surface area contributed by atoms with Crippen molar-refractivity contribution in [2.45, 2.75) is 0 Å². The van der Waals surface area contributed by atoms with Crippen LogP contribution in [0.25, 0.3) is 140 Å². The van der Waals surface area contributed by atoms with Crippen LogP contribution in [-0.4, -0.2) is 0 Å². The summed E-state index contributed by atoms with van der Waals surface area (Å²) in [5.41, 5.74) is 9.09. The molecule has 0 atom stereocenters. The van der Waals surface area contributed by atoms with E-state index >= 15 is 0 Å². The summed E-state index contributed by atoms with van der Waals surface area (Å²) in [4.78, 5) is 0. The lowest BCUT2D eigenvalue weighted by molar-refractivity contribution is 0.669. The van der Waals surface area contributed by atoms with Gasteiger partial charge < -0.3 is 4.42 Å². The summed E-state index contributed by atoms with van der Waals surface area (Å²) in [5, 5.41) is 20.2. The second-order valence-corrected chi connectivity index (χ2v) is 17.8. The first-order chi connectivity index (χ1) is 30.7. The Labute approximate surface area is 360 Å². The molecule has 0 saturated heterocycles. The standard InChI is InChI=1S/C60H34OS/c1-2-13-36-30-39(25-24-35(36)12-1)57-46-18-6-8-20-48(46)58(49-21-9-7-19-47(49)57)40-26-28-44-52-31-38(27-29-54(52)61-55(44)33-40)41-23-11-14-37-32-53-56(34-51(37)41)62-60-50-22-10-4-16-43(50)42-15-3-5-17-45(42)59(53)60/h1-34H. The van der Waals surface area contributed by atoms with Crippen LogP contribution in [0.4, 0.5) is 0 Å². The maximum atomic E-state index is 6.71. The van der Waals surface area contributed by atoms with Gasteiger partial charge in [0, 0.05) is 36.3 Å².